The van der Waals surface area contributed by atoms with Gasteiger partial charge in [-0.1, -0.05) is 41.0 Å². The smallest absolute Gasteiger partial charge is 0.241 e. The lowest BCUT2D eigenvalue weighted by Gasteiger charge is -2.30. The third-order valence-corrected chi connectivity index (χ3v) is 5.23. The van der Waals surface area contributed by atoms with Crippen molar-refractivity contribution in [3.8, 4) is 11.4 Å². The summed E-state index contributed by atoms with van der Waals surface area (Å²) >= 11 is 6.01. The van der Waals surface area contributed by atoms with E-state index >= 15 is 0 Å². The van der Waals surface area contributed by atoms with Crippen LogP contribution in [0.2, 0.25) is 5.02 Å². The Hall–Kier alpha value is -2.77. The molecule has 0 saturated carbocycles. The number of carbonyl (C=O) groups is 1. The SMILES string of the molecule is O=C(Nc1ccccc1F)C1CCN(Cc2nc(-c3cccc(Cl)c3)no2)CC1. The first-order chi connectivity index (χ1) is 14.1. The number of hydrogen-bond donors (Lipinski definition) is 1. The van der Waals surface area contributed by atoms with Crippen molar-refractivity contribution in [2.45, 2.75) is 19.4 Å². The van der Waals surface area contributed by atoms with Crippen LogP contribution in [0.1, 0.15) is 18.7 Å². The largest absolute Gasteiger partial charge is 0.338 e. The van der Waals surface area contributed by atoms with E-state index in [1.54, 1.807) is 30.3 Å². The standard InChI is InChI=1S/C21H20ClFN4O2/c22-16-5-3-4-15(12-16)20-25-19(29-26-20)13-27-10-8-14(9-11-27)21(28)24-18-7-2-1-6-17(18)23/h1-7,12,14H,8-11,13H2,(H,24,28). The minimum atomic E-state index is -0.426. The molecule has 2 heterocycles. The molecule has 0 atom stereocenters. The molecule has 1 aliphatic heterocycles. The van der Waals surface area contributed by atoms with Crippen LogP contribution >= 0.6 is 11.6 Å². The molecule has 1 aliphatic rings. The molecule has 0 bridgehead atoms. The number of hydrogen-bond acceptors (Lipinski definition) is 5. The molecule has 1 amide bonds. The van der Waals surface area contributed by atoms with Gasteiger partial charge in [0.05, 0.1) is 12.2 Å². The molecule has 0 spiro atoms. The third-order valence-electron chi connectivity index (χ3n) is 5.00. The Morgan fingerprint density at radius 3 is 2.76 bits per heavy atom. The summed E-state index contributed by atoms with van der Waals surface area (Å²) in [5.41, 5.74) is 1.02. The highest BCUT2D eigenvalue weighted by atomic mass is 35.5. The lowest BCUT2D eigenvalue weighted by Crippen LogP contribution is -2.37. The van der Waals surface area contributed by atoms with Crippen molar-refractivity contribution in [3.63, 3.8) is 0 Å². The normalized spacial score (nSPS) is 15.4. The first-order valence-electron chi connectivity index (χ1n) is 9.45. The Bertz CT molecular complexity index is 1000. The zero-order chi connectivity index (χ0) is 20.2. The van der Waals surface area contributed by atoms with Gasteiger partial charge in [-0.3, -0.25) is 9.69 Å². The minimum Gasteiger partial charge on any atom is -0.338 e. The molecule has 0 aliphatic carbocycles. The van der Waals surface area contributed by atoms with Crippen LogP contribution in [-0.2, 0) is 11.3 Å². The highest BCUT2D eigenvalue weighted by Gasteiger charge is 2.26. The monoisotopic (exact) mass is 414 g/mol. The molecule has 29 heavy (non-hydrogen) atoms. The summed E-state index contributed by atoms with van der Waals surface area (Å²) in [5, 5.41) is 7.32. The Morgan fingerprint density at radius 2 is 2.00 bits per heavy atom. The van der Waals surface area contributed by atoms with Gasteiger partial charge in [-0.2, -0.15) is 4.98 Å². The van der Waals surface area contributed by atoms with Crippen LogP contribution in [-0.4, -0.2) is 34.0 Å². The van der Waals surface area contributed by atoms with Gasteiger partial charge >= 0.3 is 0 Å². The van der Waals surface area contributed by atoms with Gasteiger partial charge in [-0.15, -0.1) is 0 Å². The van der Waals surface area contributed by atoms with E-state index < -0.39 is 5.82 Å². The van der Waals surface area contributed by atoms with Gasteiger partial charge in [0.25, 0.3) is 0 Å². The van der Waals surface area contributed by atoms with E-state index in [2.05, 4.69) is 20.4 Å². The number of para-hydroxylation sites is 1. The van der Waals surface area contributed by atoms with Crippen molar-refractivity contribution in [1.29, 1.82) is 0 Å². The van der Waals surface area contributed by atoms with Gasteiger partial charge in [-0.05, 0) is 50.2 Å². The van der Waals surface area contributed by atoms with Crippen LogP contribution in [0.15, 0.2) is 53.1 Å². The molecule has 0 unspecified atom stereocenters. The van der Waals surface area contributed by atoms with Crippen molar-refractivity contribution in [2.24, 2.45) is 5.92 Å². The predicted octanol–water partition coefficient (Wildman–Crippen LogP) is 4.38. The number of nitrogens with one attached hydrogen (secondary N) is 1. The average Bonchev–Trinajstić information content (AvgIpc) is 3.19. The van der Waals surface area contributed by atoms with Crippen LogP contribution < -0.4 is 5.32 Å². The Labute approximate surface area is 172 Å². The zero-order valence-corrected chi connectivity index (χ0v) is 16.4. The molecule has 6 nitrogen and oxygen atoms in total. The van der Waals surface area contributed by atoms with E-state index in [0.29, 0.717) is 36.1 Å². The second-order valence-corrected chi connectivity index (χ2v) is 7.48. The summed E-state index contributed by atoms with van der Waals surface area (Å²) in [5.74, 6) is 0.312. The van der Waals surface area contributed by atoms with E-state index in [1.807, 2.05) is 12.1 Å². The summed E-state index contributed by atoms with van der Waals surface area (Å²) in [6.45, 7) is 1.98. The first-order valence-corrected chi connectivity index (χ1v) is 9.82. The zero-order valence-electron chi connectivity index (χ0n) is 15.6. The number of piperidine rings is 1. The lowest BCUT2D eigenvalue weighted by molar-refractivity contribution is -0.121. The van der Waals surface area contributed by atoms with Crippen molar-refractivity contribution < 1.29 is 13.7 Å². The maximum absolute atomic E-state index is 13.7. The van der Waals surface area contributed by atoms with Crippen LogP contribution in [0.5, 0.6) is 0 Å². The fraction of sp³-hybridized carbons (Fsp3) is 0.286. The number of aromatic nitrogens is 2. The summed E-state index contributed by atoms with van der Waals surface area (Å²) in [6.07, 6.45) is 1.38. The molecule has 1 saturated heterocycles. The molecule has 3 aromatic rings. The molecule has 8 heteroatoms. The van der Waals surface area contributed by atoms with Gasteiger partial charge in [0, 0.05) is 16.5 Å². The summed E-state index contributed by atoms with van der Waals surface area (Å²) in [4.78, 5) is 19.0. The average molecular weight is 415 g/mol. The molecule has 1 fully saturated rings. The van der Waals surface area contributed by atoms with Crippen LogP contribution in [0.3, 0.4) is 0 Å². The van der Waals surface area contributed by atoms with Crippen LogP contribution in [0.25, 0.3) is 11.4 Å². The second kappa shape index (κ2) is 8.71. The number of amides is 1. The fourth-order valence-electron chi connectivity index (χ4n) is 3.41. The molecule has 150 valence electrons. The molecule has 1 aromatic heterocycles. The summed E-state index contributed by atoms with van der Waals surface area (Å²) < 4.78 is 19.1. The maximum atomic E-state index is 13.7. The molecular formula is C21H20ClFN4O2. The molecule has 0 radical (unpaired) electrons. The highest BCUT2D eigenvalue weighted by molar-refractivity contribution is 6.30. The highest BCUT2D eigenvalue weighted by Crippen LogP contribution is 2.23. The van der Waals surface area contributed by atoms with E-state index in [0.717, 1.165) is 18.7 Å². The number of likely N-dealkylation sites (tertiary alicyclic amines) is 1. The van der Waals surface area contributed by atoms with Crippen molar-refractivity contribution in [1.82, 2.24) is 15.0 Å². The maximum Gasteiger partial charge on any atom is 0.241 e. The molecule has 1 N–H and O–H groups in total. The summed E-state index contributed by atoms with van der Waals surface area (Å²) in [6, 6.07) is 13.5. The summed E-state index contributed by atoms with van der Waals surface area (Å²) in [7, 11) is 0. The Balaban J connectivity index is 1.30. The predicted molar refractivity (Wildman–Crippen MR) is 108 cm³/mol. The lowest BCUT2D eigenvalue weighted by atomic mass is 9.96. The number of halogens is 2. The molecule has 4 rings (SSSR count). The number of anilines is 1. The third kappa shape index (κ3) is 4.81. The van der Waals surface area contributed by atoms with Crippen molar-refractivity contribution >= 4 is 23.2 Å². The number of carbonyl (C=O) groups excluding carboxylic acids is 1. The van der Waals surface area contributed by atoms with Gasteiger partial charge < -0.3 is 9.84 Å². The minimum absolute atomic E-state index is 0.143. The van der Waals surface area contributed by atoms with E-state index in [9.17, 15) is 9.18 Å². The number of nitrogens with zero attached hydrogens (tertiary/aromatic N) is 3. The number of benzene rings is 2. The fourth-order valence-corrected chi connectivity index (χ4v) is 3.60. The molecular weight excluding hydrogens is 395 g/mol. The Morgan fingerprint density at radius 1 is 1.21 bits per heavy atom. The topological polar surface area (TPSA) is 71.3 Å². The molecule has 2 aromatic carbocycles. The van der Waals surface area contributed by atoms with Gasteiger partial charge in [-0.25, -0.2) is 4.39 Å². The number of rotatable bonds is 5. The van der Waals surface area contributed by atoms with Crippen LogP contribution in [0, 0.1) is 11.7 Å². The van der Waals surface area contributed by atoms with E-state index in [-0.39, 0.29) is 17.5 Å². The Kier molecular flexibility index (Phi) is 5.87. The van der Waals surface area contributed by atoms with Crippen LogP contribution in [0.4, 0.5) is 10.1 Å². The quantitative estimate of drug-likeness (QED) is 0.670. The first kappa shape index (κ1) is 19.5. The van der Waals surface area contributed by atoms with Gasteiger partial charge in [0.2, 0.25) is 17.6 Å². The van der Waals surface area contributed by atoms with Crippen molar-refractivity contribution in [3.05, 3.63) is 65.3 Å². The van der Waals surface area contributed by atoms with E-state index in [4.69, 9.17) is 16.1 Å². The van der Waals surface area contributed by atoms with Gasteiger partial charge in [0.15, 0.2) is 0 Å². The van der Waals surface area contributed by atoms with E-state index in [1.165, 1.54) is 6.07 Å². The second-order valence-electron chi connectivity index (χ2n) is 7.04. The van der Waals surface area contributed by atoms with Crippen molar-refractivity contribution in [2.75, 3.05) is 18.4 Å². The van der Waals surface area contributed by atoms with Gasteiger partial charge in [0.1, 0.15) is 5.82 Å².